The van der Waals surface area contributed by atoms with Crippen LogP contribution in [0.3, 0.4) is 0 Å². The molecular formula is C22H28ClN5O2. The van der Waals surface area contributed by atoms with Crippen LogP contribution in [0.1, 0.15) is 48.1 Å². The van der Waals surface area contributed by atoms with E-state index in [1.54, 1.807) is 25.6 Å². The van der Waals surface area contributed by atoms with Crippen LogP contribution in [-0.4, -0.2) is 60.6 Å². The molecule has 0 saturated carbocycles. The summed E-state index contributed by atoms with van der Waals surface area (Å²) in [6.45, 7) is 5.22. The van der Waals surface area contributed by atoms with Gasteiger partial charge in [0.15, 0.2) is 0 Å². The van der Waals surface area contributed by atoms with E-state index in [0.717, 1.165) is 36.6 Å². The number of methoxy groups -OCH3 is 1. The number of benzene rings is 1. The lowest BCUT2D eigenvalue weighted by Crippen LogP contribution is -2.51. The molecule has 160 valence electrons. The van der Waals surface area contributed by atoms with Crippen molar-refractivity contribution in [1.82, 2.24) is 14.9 Å². The molecule has 30 heavy (non-hydrogen) atoms. The Kier molecular flexibility index (Phi) is 6.22. The van der Waals surface area contributed by atoms with Crippen LogP contribution in [0.4, 0.5) is 5.82 Å². The van der Waals surface area contributed by atoms with Gasteiger partial charge in [0, 0.05) is 50.4 Å². The maximum absolute atomic E-state index is 13.1. The first kappa shape index (κ1) is 21.0. The Morgan fingerprint density at radius 2 is 1.93 bits per heavy atom. The van der Waals surface area contributed by atoms with Crippen molar-refractivity contribution < 1.29 is 9.53 Å². The molecule has 0 radical (unpaired) electrons. The largest absolute Gasteiger partial charge is 0.375 e. The highest BCUT2D eigenvalue weighted by Crippen LogP contribution is 2.44. The number of nitrogens with zero attached hydrogens (tertiary/aromatic N) is 4. The number of carbonyl (C=O) groups excluding carboxylic acids is 1. The number of halogens is 1. The molecule has 1 saturated heterocycles. The summed E-state index contributed by atoms with van der Waals surface area (Å²) in [6, 6.07) is 7.36. The fourth-order valence-electron chi connectivity index (χ4n) is 4.57. The number of piperazine rings is 1. The monoisotopic (exact) mass is 429 g/mol. The summed E-state index contributed by atoms with van der Waals surface area (Å²) >= 11 is 5.98. The van der Waals surface area contributed by atoms with E-state index in [9.17, 15) is 4.79 Å². The number of nitrogens with two attached hydrogens (primary N) is 1. The number of amides is 1. The third-order valence-corrected chi connectivity index (χ3v) is 6.49. The third-order valence-electron chi connectivity index (χ3n) is 6.24. The van der Waals surface area contributed by atoms with Gasteiger partial charge in [-0.2, -0.15) is 0 Å². The number of hydrogen-bond acceptors (Lipinski definition) is 6. The van der Waals surface area contributed by atoms with Crippen molar-refractivity contribution in [3.63, 3.8) is 0 Å². The molecule has 1 aliphatic carbocycles. The molecule has 1 aliphatic heterocycles. The average Bonchev–Trinajstić information content (AvgIpc) is 3.11. The van der Waals surface area contributed by atoms with Crippen molar-refractivity contribution in [2.24, 2.45) is 5.73 Å². The molecule has 1 aromatic carbocycles. The van der Waals surface area contributed by atoms with Crippen LogP contribution >= 0.6 is 11.6 Å². The van der Waals surface area contributed by atoms with Crippen molar-refractivity contribution in [1.29, 1.82) is 0 Å². The topological polar surface area (TPSA) is 84.6 Å². The Balaban J connectivity index is 1.46. The zero-order chi connectivity index (χ0) is 21.3. The number of anilines is 1. The summed E-state index contributed by atoms with van der Waals surface area (Å²) in [4.78, 5) is 26.4. The quantitative estimate of drug-likeness (QED) is 0.786. The number of carbonyl (C=O) groups is 1. The molecular weight excluding hydrogens is 402 g/mol. The second-order valence-corrected chi connectivity index (χ2v) is 8.45. The number of ether oxygens (including phenoxy) is 1. The highest BCUT2D eigenvalue weighted by Gasteiger charge is 2.35. The molecule has 8 heteroatoms. The van der Waals surface area contributed by atoms with Gasteiger partial charge < -0.3 is 20.3 Å². The van der Waals surface area contributed by atoms with Gasteiger partial charge in [-0.3, -0.25) is 4.79 Å². The fourth-order valence-corrected chi connectivity index (χ4v) is 4.70. The molecule has 2 N–H and O–H groups in total. The average molecular weight is 430 g/mol. The van der Waals surface area contributed by atoms with Crippen molar-refractivity contribution in [3.05, 3.63) is 52.4 Å². The molecule has 0 bridgehead atoms. The maximum Gasteiger partial charge on any atom is 0.231 e. The Hall–Kier alpha value is -2.22. The molecule has 2 heterocycles. The Morgan fingerprint density at radius 1 is 1.23 bits per heavy atom. The van der Waals surface area contributed by atoms with Gasteiger partial charge in [0.1, 0.15) is 18.2 Å². The van der Waals surface area contributed by atoms with Gasteiger partial charge in [-0.1, -0.05) is 30.7 Å². The van der Waals surface area contributed by atoms with Crippen molar-refractivity contribution in [2.75, 3.05) is 44.7 Å². The van der Waals surface area contributed by atoms with E-state index < -0.39 is 0 Å². The van der Waals surface area contributed by atoms with Crippen molar-refractivity contribution in [2.45, 2.75) is 31.3 Å². The van der Waals surface area contributed by atoms with E-state index in [2.05, 4.69) is 21.8 Å². The second-order valence-electron chi connectivity index (χ2n) is 8.01. The molecule has 1 aromatic heterocycles. The van der Waals surface area contributed by atoms with Gasteiger partial charge in [0.05, 0.1) is 11.6 Å². The van der Waals surface area contributed by atoms with Gasteiger partial charge in [-0.05, 0) is 30.0 Å². The van der Waals surface area contributed by atoms with E-state index in [1.165, 1.54) is 5.56 Å². The molecule has 4 rings (SSSR count). The summed E-state index contributed by atoms with van der Waals surface area (Å²) in [6.07, 6.45) is 2.58. The van der Waals surface area contributed by atoms with Crippen LogP contribution in [0.5, 0.6) is 0 Å². The first-order chi connectivity index (χ1) is 14.5. The minimum Gasteiger partial charge on any atom is -0.375 e. The van der Waals surface area contributed by atoms with E-state index in [-0.39, 0.29) is 24.5 Å². The first-order valence-electron chi connectivity index (χ1n) is 10.4. The third kappa shape index (κ3) is 3.89. The van der Waals surface area contributed by atoms with Crippen LogP contribution < -0.4 is 10.6 Å². The molecule has 1 amide bonds. The number of aromatic nitrogens is 2. The van der Waals surface area contributed by atoms with Gasteiger partial charge >= 0.3 is 0 Å². The Labute approximate surface area is 182 Å². The predicted octanol–water partition coefficient (Wildman–Crippen LogP) is 2.72. The molecule has 0 spiro atoms. The fraction of sp³-hybridized carbons (Fsp3) is 0.500. The zero-order valence-electron chi connectivity index (χ0n) is 17.4. The number of fused-ring (bicyclic) bond motifs is 1. The molecule has 2 aliphatic rings. The molecule has 0 unspecified atom stereocenters. The minimum absolute atomic E-state index is 0.0318. The smallest absolute Gasteiger partial charge is 0.231 e. The van der Waals surface area contributed by atoms with E-state index >= 15 is 0 Å². The maximum atomic E-state index is 13.1. The molecule has 1 fully saturated rings. The lowest BCUT2D eigenvalue weighted by atomic mass is 9.97. The Bertz CT molecular complexity index is 899. The van der Waals surface area contributed by atoms with Crippen LogP contribution in [0, 0.1) is 0 Å². The summed E-state index contributed by atoms with van der Waals surface area (Å²) in [7, 11) is 1.73. The van der Waals surface area contributed by atoms with Crippen LogP contribution in [0.15, 0.2) is 30.6 Å². The van der Waals surface area contributed by atoms with Gasteiger partial charge in [0.25, 0.3) is 0 Å². The van der Waals surface area contributed by atoms with Gasteiger partial charge in [-0.25, -0.2) is 9.97 Å². The lowest BCUT2D eigenvalue weighted by molar-refractivity contribution is -0.132. The highest BCUT2D eigenvalue weighted by atomic mass is 35.5. The lowest BCUT2D eigenvalue weighted by Gasteiger charge is -2.37. The van der Waals surface area contributed by atoms with E-state index in [1.807, 2.05) is 17.0 Å². The Morgan fingerprint density at radius 3 is 2.57 bits per heavy atom. The molecule has 2 aromatic rings. The summed E-state index contributed by atoms with van der Waals surface area (Å²) in [5.41, 5.74) is 9.04. The SMILES string of the molecule is CO[C@@H]1C[C@@H](C)c2c1ncnc2N1CCN(C(=O)[C@H](CN)c2ccc(Cl)cc2)CC1. The zero-order valence-corrected chi connectivity index (χ0v) is 18.2. The van der Waals surface area contributed by atoms with Gasteiger partial charge in [0.2, 0.25) is 5.91 Å². The van der Waals surface area contributed by atoms with Crippen molar-refractivity contribution in [3.8, 4) is 0 Å². The molecule has 3 atom stereocenters. The van der Waals surface area contributed by atoms with Crippen LogP contribution in [0.25, 0.3) is 0 Å². The number of rotatable bonds is 5. The minimum atomic E-state index is -0.348. The molecule has 7 nitrogen and oxygen atoms in total. The van der Waals surface area contributed by atoms with Crippen molar-refractivity contribution >= 4 is 23.3 Å². The van der Waals surface area contributed by atoms with E-state index in [4.69, 9.17) is 22.1 Å². The summed E-state index contributed by atoms with van der Waals surface area (Å²) in [5, 5.41) is 0.651. The predicted molar refractivity (Wildman–Crippen MR) is 117 cm³/mol. The van der Waals surface area contributed by atoms with E-state index in [0.29, 0.717) is 24.0 Å². The van der Waals surface area contributed by atoms with Crippen LogP contribution in [0.2, 0.25) is 5.02 Å². The summed E-state index contributed by atoms with van der Waals surface area (Å²) in [5.74, 6) is 1.05. The normalized spacial score (nSPS) is 22.1. The van der Waals surface area contributed by atoms with Crippen LogP contribution in [-0.2, 0) is 9.53 Å². The van der Waals surface area contributed by atoms with Gasteiger partial charge in [-0.15, -0.1) is 0 Å². The highest BCUT2D eigenvalue weighted by molar-refractivity contribution is 6.30. The summed E-state index contributed by atoms with van der Waals surface area (Å²) < 4.78 is 5.61. The second kappa shape index (κ2) is 8.88. The standard InChI is InChI=1S/C22H28ClN5O2/c1-14-11-18(30-2)20-19(14)21(26-13-25-20)27-7-9-28(10-8-27)22(29)17(12-24)15-3-5-16(23)6-4-15/h3-6,13-14,17-18H,7-12,24H2,1-2H3/t14-,17-,18-/m1/s1. The number of hydrogen-bond donors (Lipinski definition) is 1. The first-order valence-corrected chi connectivity index (χ1v) is 10.8.